The summed E-state index contributed by atoms with van der Waals surface area (Å²) in [5.41, 5.74) is 2.98. The van der Waals surface area contributed by atoms with Crippen molar-refractivity contribution in [2.24, 2.45) is 0 Å². The maximum absolute atomic E-state index is 12.6. The Kier molecular flexibility index (Phi) is 4.81. The molecule has 0 saturated carbocycles. The number of thiazole rings is 1. The molecule has 4 rings (SSSR count). The highest BCUT2D eigenvalue weighted by atomic mass is 32.1. The topological polar surface area (TPSA) is 111 Å². The number of carbonyl (C=O) groups excluding carboxylic acids is 1. The SMILES string of the molecule is CC#Cc1ccc(-c2csc(NC(=O)c3cnnn3-c3cncnc3)n2)nc1. The standard InChI is InChI=1S/C18H12N8OS/c1-2-3-12-4-5-14(21-6-12)15-10-28-18(23-15)24-17(27)16-9-22-25-26(16)13-7-19-11-20-8-13/h4-11H,1H3,(H,23,24,27). The normalized spacial score (nSPS) is 10.2. The zero-order valence-corrected chi connectivity index (χ0v) is 15.4. The number of pyridine rings is 1. The predicted octanol–water partition coefficient (Wildman–Crippen LogP) is 2.20. The van der Waals surface area contributed by atoms with Crippen LogP contribution >= 0.6 is 11.3 Å². The molecule has 0 radical (unpaired) electrons. The summed E-state index contributed by atoms with van der Waals surface area (Å²) in [4.78, 5) is 29.2. The van der Waals surface area contributed by atoms with E-state index in [1.54, 1.807) is 13.1 Å². The first kappa shape index (κ1) is 17.4. The molecular weight excluding hydrogens is 376 g/mol. The summed E-state index contributed by atoms with van der Waals surface area (Å²) in [5.74, 6) is 5.38. The van der Waals surface area contributed by atoms with Gasteiger partial charge in [0.25, 0.3) is 5.91 Å². The van der Waals surface area contributed by atoms with Crippen LogP contribution in [0.4, 0.5) is 5.13 Å². The maximum Gasteiger partial charge on any atom is 0.277 e. The average molecular weight is 388 g/mol. The van der Waals surface area contributed by atoms with Crippen LogP contribution in [0.2, 0.25) is 0 Å². The van der Waals surface area contributed by atoms with Crippen LogP contribution in [0.1, 0.15) is 23.0 Å². The van der Waals surface area contributed by atoms with Crippen LogP contribution in [0.5, 0.6) is 0 Å². The summed E-state index contributed by atoms with van der Waals surface area (Å²) in [6.45, 7) is 1.77. The number of hydrogen-bond donors (Lipinski definition) is 1. The molecule has 0 saturated heterocycles. The van der Waals surface area contributed by atoms with Gasteiger partial charge in [-0.1, -0.05) is 11.1 Å². The minimum Gasteiger partial charge on any atom is -0.296 e. The Balaban J connectivity index is 1.52. The third-order valence-corrected chi connectivity index (χ3v) is 4.35. The van der Waals surface area contributed by atoms with E-state index < -0.39 is 5.91 Å². The van der Waals surface area contributed by atoms with Gasteiger partial charge in [0, 0.05) is 17.1 Å². The van der Waals surface area contributed by atoms with Gasteiger partial charge in [-0.05, 0) is 19.1 Å². The summed E-state index contributed by atoms with van der Waals surface area (Å²) in [6.07, 6.45) is 7.53. The van der Waals surface area contributed by atoms with Crippen LogP contribution in [0.3, 0.4) is 0 Å². The first-order valence-electron chi connectivity index (χ1n) is 8.07. The van der Waals surface area contributed by atoms with Crippen molar-refractivity contribution in [1.82, 2.24) is 34.9 Å². The molecule has 4 aromatic rings. The lowest BCUT2D eigenvalue weighted by Crippen LogP contribution is -2.17. The van der Waals surface area contributed by atoms with Gasteiger partial charge >= 0.3 is 0 Å². The van der Waals surface area contributed by atoms with Crippen LogP contribution in [0.25, 0.3) is 17.1 Å². The minimum absolute atomic E-state index is 0.243. The summed E-state index contributed by atoms with van der Waals surface area (Å²) in [6, 6.07) is 3.72. The molecule has 0 unspecified atom stereocenters. The van der Waals surface area contributed by atoms with Crippen LogP contribution in [0, 0.1) is 11.8 Å². The Hall–Kier alpha value is -3.97. The lowest BCUT2D eigenvalue weighted by molar-refractivity contribution is 0.101. The predicted molar refractivity (Wildman–Crippen MR) is 103 cm³/mol. The van der Waals surface area contributed by atoms with Crippen molar-refractivity contribution in [2.75, 3.05) is 5.32 Å². The zero-order valence-electron chi connectivity index (χ0n) is 14.6. The van der Waals surface area contributed by atoms with Crippen LogP contribution in [-0.2, 0) is 0 Å². The fourth-order valence-corrected chi connectivity index (χ4v) is 3.05. The van der Waals surface area contributed by atoms with Gasteiger partial charge in [0.15, 0.2) is 10.8 Å². The molecule has 0 spiro atoms. The number of hydrogen-bond acceptors (Lipinski definition) is 8. The molecular formula is C18H12N8OS. The van der Waals surface area contributed by atoms with Gasteiger partial charge in [0.05, 0.1) is 24.3 Å². The van der Waals surface area contributed by atoms with Crippen molar-refractivity contribution in [2.45, 2.75) is 6.92 Å². The molecule has 4 aromatic heterocycles. The van der Waals surface area contributed by atoms with E-state index in [1.807, 2.05) is 17.5 Å². The van der Waals surface area contributed by atoms with Crippen molar-refractivity contribution in [1.29, 1.82) is 0 Å². The molecule has 0 atom stereocenters. The van der Waals surface area contributed by atoms with E-state index in [0.717, 1.165) is 5.56 Å². The number of nitrogens with one attached hydrogen (secondary N) is 1. The molecule has 0 aliphatic heterocycles. The lowest BCUT2D eigenvalue weighted by Gasteiger charge is -2.04. The van der Waals surface area contributed by atoms with Gasteiger partial charge in [-0.25, -0.2) is 19.6 Å². The summed E-state index contributed by atoms with van der Waals surface area (Å²) in [5, 5.41) is 12.7. The summed E-state index contributed by atoms with van der Waals surface area (Å²) >= 11 is 1.30. The number of anilines is 1. The van der Waals surface area contributed by atoms with Crippen molar-refractivity contribution in [3.05, 3.63) is 59.9 Å². The Labute approximate surface area is 163 Å². The molecule has 10 heteroatoms. The second kappa shape index (κ2) is 7.73. The Bertz CT molecular complexity index is 1170. The molecule has 0 bridgehead atoms. The molecule has 0 aliphatic rings. The fraction of sp³-hybridized carbons (Fsp3) is 0.0556. The van der Waals surface area contributed by atoms with Gasteiger partial charge in [0.2, 0.25) is 0 Å². The van der Waals surface area contributed by atoms with Gasteiger partial charge in [-0.15, -0.1) is 22.4 Å². The van der Waals surface area contributed by atoms with Crippen molar-refractivity contribution >= 4 is 22.4 Å². The molecule has 9 nitrogen and oxygen atoms in total. The third kappa shape index (κ3) is 3.60. The second-order valence-electron chi connectivity index (χ2n) is 5.43. The third-order valence-electron chi connectivity index (χ3n) is 3.59. The van der Waals surface area contributed by atoms with E-state index in [1.165, 1.54) is 40.9 Å². The van der Waals surface area contributed by atoms with Crippen LogP contribution in [0.15, 0.2) is 48.6 Å². The summed E-state index contributed by atoms with van der Waals surface area (Å²) < 4.78 is 1.36. The smallest absolute Gasteiger partial charge is 0.277 e. The molecule has 0 aromatic carbocycles. The fourth-order valence-electron chi connectivity index (χ4n) is 2.35. The first-order valence-corrected chi connectivity index (χ1v) is 8.94. The molecule has 136 valence electrons. The number of aromatic nitrogens is 7. The van der Waals surface area contributed by atoms with E-state index in [0.29, 0.717) is 22.2 Å². The molecule has 4 heterocycles. The minimum atomic E-state index is -0.392. The quantitative estimate of drug-likeness (QED) is 0.533. The Morgan fingerprint density at radius 1 is 1.14 bits per heavy atom. The first-order chi connectivity index (χ1) is 13.7. The lowest BCUT2D eigenvalue weighted by atomic mass is 10.2. The molecule has 0 fully saturated rings. The van der Waals surface area contributed by atoms with Crippen LogP contribution < -0.4 is 5.32 Å². The van der Waals surface area contributed by atoms with Crippen molar-refractivity contribution in [3.8, 4) is 28.9 Å². The van der Waals surface area contributed by atoms with E-state index in [2.05, 4.69) is 47.4 Å². The highest BCUT2D eigenvalue weighted by molar-refractivity contribution is 7.14. The van der Waals surface area contributed by atoms with Crippen molar-refractivity contribution in [3.63, 3.8) is 0 Å². The number of amides is 1. The van der Waals surface area contributed by atoms with Gasteiger partial charge in [0.1, 0.15) is 17.7 Å². The summed E-state index contributed by atoms with van der Waals surface area (Å²) in [7, 11) is 0. The molecule has 28 heavy (non-hydrogen) atoms. The highest BCUT2D eigenvalue weighted by Crippen LogP contribution is 2.24. The Morgan fingerprint density at radius 3 is 2.75 bits per heavy atom. The molecule has 1 amide bonds. The Morgan fingerprint density at radius 2 is 2.00 bits per heavy atom. The van der Waals surface area contributed by atoms with E-state index in [4.69, 9.17) is 0 Å². The average Bonchev–Trinajstić information content (AvgIpc) is 3.39. The highest BCUT2D eigenvalue weighted by Gasteiger charge is 2.17. The monoisotopic (exact) mass is 388 g/mol. The largest absolute Gasteiger partial charge is 0.296 e. The van der Waals surface area contributed by atoms with E-state index in [9.17, 15) is 4.79 Å². The maximum atomic E-state index is 12.6. The van der Waals surface area contributed by atoms with Gasteiger partial charge in [-0.2, -0.15) is 0 Å². The second-order valence-corrected chi connectivity index (χ2v) is 6.28. The van der Waals surface area contributed by atoms with E-state index in [-0.39, 0.29) is 5.69 Å². The van der Waals surface area contributed by atoms with Crippen LogP contribution in [-0.4, -0.2) is 40.8 Å². The van der Waals surface area contributed by atoms with Gasteiger partial charge < -0.3 is 0 Å². The molecule has 0 aliphatic carbocycles. The number of rotatable bonds is 4. The van der Waals surface area contributed by atoms with Crippen molar-refractivity contribution < 1.29 is 4.79 Å². The zero-order chi connectivity index (χ0) is 19.3. The number of carbonyl (C=O) groups is 1. The number of nitrogens with zero attached hydrogens (tertiary/aromatic N) is 7. The van der Waals surface area contributed by atoms with Gasteiger partial charge in [-0.3, -0.25) is 15.1 Å². The van der Waals surface area contributed by atoms with E-state index >= 15 is 0 Å². The molecule has 1 N–H and O–H groups in total.